The summed E-state index contributed by atoms with van der Waals surface area (Å²) in [6.45, 7) is 2.29. The molecule has 2 aromatic carbocycles. The van der Waals surface area contributed by atoms with Crippen LogP contribution in [0.2, 0.25) is 0 Å². The number of rotatable bonds is 8. The highest BCUT2D eigenvalue weighted by molar-refractivity contribution is 7.89. The molecule has 0 saturated carbocycles. The van der Waals surface area contributed by atoms with Crippen LogP contribution in [-0.2, 0) is 10.0 Å². The lowest BCUT2D eigenvalue weighted by Crippen LogP contribution is -2.40. The van der Waals surface area contributed by atoms with Gasteiger partial charge in [-0.1, -0.05) is 12.5 Å². The molecule has 8 nitrogen and oxygen atoms in total. The molecule has 0 bridgehead atoms. The largest absolute Gasteiger partial charge is 0.497 e. The van der Waals surface area contributed by atoms with Crippen molar-refractivity contribution in [2.24, 2.45) is 0 Å². The van der Waals surface area contributed by atoms with Gasteiger partial charge in [0.05, 0.1) is 14.2 Å². The van der Waals surface area contributed by atoms with Crippen LogP contribution in [0, 0.1) is 0 Å². The van der Waals surface area contributed by atoms with E-state index < -0.39 is 10.0 Å². The van der Waals surface area contributed by atoms with Crippen molar-refractivity contribution in [3.63, 3.8) is 0 Å². The molecule has 2 heterocycles. The minimum Gasteiger partial charge on any atom is -0.497 e. The first-order chi connectivity index (χ1) is 15.0. The molecule has 31 heavy (non-hydrogen) atoms. The normalized spacial score (nSPS) is 17.4. The highest BCUT2D eigenvalue weighted by Gasteiger charge is 2.28. The molecule has 1 N–H and O–H groups in total. The quantitative estimate of drug-likeness (QED) is 0.664. The molecule has 9 heteroatoms. The summed E-state index contributed by atoms with van der Waals surface area (Å²) in [5.41, 5.74) is 0.996. The van der Waals surface area contributed by atoms with E-state index in [0.717, 1.165) is 31.5 Å². The van der Waals surface area contributed by atoms with Crippen molar-refractivity contribution in [3.05, 3.63) is 42.0 Å². The summed E-state index contributed by atoms with van der Waals surface area (Å²) in [7, 11) is -0.829. The molecular formula is C22H28N2O6S. The first-order valence-corrected chi connectivity index (χ1v) is 11.9. The number of hydrogen-bond donors (Lipinski definition) is 1. The number of methoxy groups -OCH3 is 2. The van der Waals surface area contributed by atoms with E-state index in [4.69, 9.17) is 18.9 Å². The monoisotopic (exact) mass is 448 g/mol. The van der Waals surface area contributed by atoms with Crippen LogP contribution >= 0.6 is 0 Å². The highest BCUT2D eigenvalue weighted by atomic mass is 32.2. The molecule has 2 aromatic rings. The average molecular weight is 449 g/mol. The number of likely N-dealkylation sites (tertiary alicyclic amines) is 1. The number of ether oxygens (including phenoxy) is 4. The molecule has 1 fully saturated rings. The van der Waals surface area contributed by atoms with Crippen LogP contribution in [0.4, 0.5) is 0 Å². The lowest BCUT2D eigenvalue weighted by Gasteiger charge is -2.35. The molecule has 1 atom stereocenters. The summed E-state index contributed by atoms with van der Waals surface area (Å²) in [6, 6.07) is 10.4. The highest BCUT2D eigenvalue weighted by Crippen LogP contribution is 2.36. The summed E-state index contributed by atoms with van der Waals surface area (Å²) >= 11 is 0. The van der Waals surface area contributed by atoms with Crippen molar-refractivity contribution in [1.82, 2.24) is 9.62 Å². The van der Waals surface area contributed by atoms with Gasteiger partial charge in [-0.05, 0) is 55.8 Å². The third kappa shape index (κ3) is 4.73. The molecule has 2 aliphatic rings. The zero-order valence-electron chi connectivity index (χ0n) is 17.8. The Labute approximate surface area is 183 Å². The second kappa shape index (κ2) is 9.33. The SMILES string of the molecule is COc1ccc(S(=O)(=O)NCC(c2ccc3c(c2)OCO3)N2CCCCC2)c(OC)c1. The van der Waals surface area contributed by atoms with E-state index in [9.17, 15) is 8.42 Å². The van der Waals surface area contributed by atoms with E-state index in [1.165, 1.54) is 26.7 Å². The first kappa shape index (κ1) is 21.7. The number of fused-ring (bicyclic) bond motifs is 1. The first-order valence-electron chi connectivity index (χ1n) is 10.4. The number of benzene rings is 2. The van der Waals surface area contributed by atoms with Gasteiger partial charge in [0.2, 0.25) is 16.8 Å². The maximum absolute atomic E-state index is 13.1. The Morgan fingerprint density at radius 3 is 2.52 bits per heavy atom. The maximum Gasteiger partial charge on any atom is 0.244 e. The second-order valence-electron chi connectivity index (χ2n) is 7.59. The second-order valence-corrected chi connectivity index (χ2v) is 9.33. The number of sulfonamides is 1. The lowest BCUT2D eigenvalue weighted by atomic mass is 10.0. The van der Waals surface area contributed by atoms with Gasteiger partial charge < -0.3 is 18.9 Å². The van der Waals surface area contributed by atoms with Gasteiger partial charge in [0.25, 0.3) is 0 Å². The fraction of sp³-hybridized carbons (Fsp3) is 0.455. The van der Waals surface area contributed by atoms with E-state index in [1.54, 1.807) is 12.1 Å². The van der Waals surface area contributed by atoms with Gasteiger partial charge in [-0.3, -0.25) is 4.90 Å². The van der Waals surface area contributed by atoms with Crippen molar-refractivity contribution < 1.29 is 27.4 Å². The fourth-order valence-electron chi connectivity index (χ4n) is 4.07. The van der Waals surface area contributed by atoms with Crippen LogP contribution in [0.1, 0.15) is 30.9 Å². The van der Waals surface area contributed by atoms with Gasteiger partial charge in [0.15, 0.2) is 11.5 Å². The van der Waals surface area contributed by atoms with Crippen LogP contribution in [0.25, 0.3) is 0 Å². The summed E-state index contributed by atoms with van der Waals surface area (Å²) < 4.78 is 50.5. The summed E-state index contributed by atoms with van der Waals surface area (Å²) in [6.07, 6.45) is 3.39. The molecule has 1 saturated heterocycles. The fourth-order valence-corrected chi connectivity index (χ4v) is 5.26. The molecule has 0 radical (unpaired) electrons. The third-order valence-electron chi connectivity index (χ3n) is 5.74. The van der Waals surface area contributed by atoms with Gasteiger partial charge >= 0.3 is 0 Å². The minimum absolute atomic E-state index is 0.0823. The molecule has 0 aromatic heterocycles. The van der Waals surface area contributed by atoms with E-state index in [2.05, 4.69) is 9.62 Å². The Bertz CT molecular complexity index is 1020. The summed E-state index contributed by atoms with van der Waals surface area (Å²) in [4.78, 5) is 2.41. The Morgan fingerprint density at radius 2 is 1.77 bits per heavy atom. The third-order valence-corrected chi connectivity index (χ3v) is 7.20. The maximum atomic E-state index is 13.1. The smallest absolute Gasteiger partial charge is 0.244 e. The Hall–Kier alpha value is -2.49. The topological polar surface area (TPSA) is 86.3 Å². The molecule has 0 aliphatic carbocycles. The Kier molecular flexibility index (Phi) is 6.54. The van der Waals surface area contributed by atoms with Crippen molar-refractivity contribution in [1.29, 1.82) is 0 Å². The van der Waals surface area contributed by atoms with E-state index in [-0.39, 0.29) is 30.0 Å². The van der Waals surface area contributed by atoms with Crippen LogP contribution in [-0.4, -0.2) is 54.0 Å². The molecule has 168 valence electrons. The average Bonchev–Trinajstić information content (AvgIpc) is 3.27. The zero-order valence-corrected chi connectivity index (χ0v) is 18.6. The lowest BCUT2D eigenvalue weighted by molar-refractivity contribution is 0.164. The number of nitrogens with one attached hydrogen (secondary N) is 1. The van der Waals surface area contributed by atoms with Crippen LogP contribution < -0.4 is 23.7 Å². The van der Waals surface area contributed by atoms with Crippen LogP contribution in [0.15, 0.2) is 41.3 Å². The molecule has 0 spiro atoms. The Balaban J connectivity index is 1.58. The minimum atomic E-state index is -3.79. The predicted molar refractivity (Wildman–Crippen MR) is 115 cm³/mol. The number of nitrogens with zero attached hydrogens (tertiary/aromatic N) is 1. The van der Waals surface area contributed by atoms with E-state index in [1.807, 2.05) is 18.2 Å². The zero-order chi connectivity index (χ0) is 21.8. The van der Waals surface area contributed by atoms with Gasteiger partial charge in [-0.15, -0.1) is 0 Å². The molecule has 2 aliphatic heterocycles. The standard InChI is InChI=1S/C22H28N2O6S/c1-27-17-7-9-22(21(13-17)28-2)31(25,26)23-14-18(24-10-4-3-5-11-24)16-6-8-19-20(12-16)30-15-29-19/h6-9,12-13,18,23H,3-5,10-11,14-15H2,1-2H3. The summed E-state index contributed by atoms with van der Waals surface area (Å²) in [5, 5.41) is 0. The van der Waals surface area contributed by atoms with E-state index in [0.29, 0.717) is 17.2 Å². The van der Waals surface area contributed by atoms with Gasteiger partial charge in [0, 0.05) is 18.7 Å². The summed E-state index contributed by atoms with van der Waals surface area (Å²) in [5.74, 6) is 2.18. The molecule has 0 amide bonds. The number of hydrogen-bond acceptors (Lipinski definition) is 7. The van der Waals surface area contributed by atoms with Crippen molar-refractivity contribution >= 4 is 10.0 Å². The predicted octanol–water partition coefficient (Wildman–Crippen LogP) is 2.94. The van der Waals surface area contributed by atoms with Crippen LogP contribution in [0.3, 0.4) is 0 Å². The molecule has 1 unspecified atom stereocenters. The van der Waals surface area contributed by atoms with Gasteiger partial charge in [-0.2, -0.15) is 0 Å². The van der Waals surface area contributed by atoms with Crippen molar-refractivity contribution in [2.75, 3.05) is 40.6 Å². The van der Waals surface area contributed by atoms with Gasteiger partial charge in [0.1, 0.15) is 16.4 Å². The Morgan fingerprint density at radius 1 is 1.00 bits per heavy atom. The molecule has 4 rings (SSSR count). The van der Waals surface area contributed by atoms with Crippen molar-refractivity contribution in [2.45, 2.75) is 30.2 Å². The van der Waals surface area contributed by atoms with E-state index >= 15 is 0 Å². The van der Waals surface area contributed by atoms with Gasteiger partial charge in [-0.25, -0.2) is 13.1 Å². The van der Waals surface area contributed by atoms with Crippen molar-refractivity contribution in [3.8, 4) is 23.0 Å². The van der Waals surface area contributed by atoms with Crippen LogP contribution in [0.5, 0.6) is 23.0 Å². The number of piperidine rings is 1. The molecular weight excluding hydrogens is 420 g/mol.